The lowest BCUT2D eigenvalue weighted by Crippen LogP contribution is -2.33. The number of hydrogen-bond acceptors (Lipinski definition) is 3. The third kappa shape index (κ3) is 2.66. The summed E-state index contributed by atoms with van der Waals surface area (Å²) >= 11 is 0. The van der Waals surface area contributed by atoms with Gasteiger partial charge in [-0.2, -0.15) is 0 Å². The van der Waals surface area contributed by atoms with E-state index in [4.69, 9.17) is 4.74 Å². The van der Waals surface area contributed by atoms with Crippen molar-refractivity contribution in [2.24, 2.45) is 0 Å². The van der Waals surface area contributed by atoms with Gasteiger partial charge in [-0.3, -0.25) is 0 Å². The van der Waals surface area contributed by atoms with E-state index in [-0.39, 0.29) is 5.69 Å². The van der Waals surface area contributed by atoms with Crippen molar-refractivity contribution in [3.05, 3.63) is 28.7 Å². The van der Waals surface area contributed by atoms with Gasteiger partial charge in [0, 0.05) is 18.3 Å². The number of fused-ring (bicyclic) bond motifs is 1. The van der Waals surface area contributed by atoms with Gasteiger partial charge < -0.3 is 20.0 Å². The summed E-state index contributed by atoms with van der Waals surface area (Å²) in [5.74, 6) is 0. The zero-order valence-electron chi connectivity index (χ0n) is 11.0. The summed E-state index contributed by atoms with van der Waals surface area (Å²) in [5.41, 5.74) is 2.57. The standard InChI is InChI=1S/C14H19N3O2/c1-2-11-7-10(5-6-19-11)15-9-3-4-12-13(8-9)17-14(18)16-12/h3-4,8,10-11,15H,2,5-7H2,1H3,(H2,16,17,18). The van der Waals surface area contributed by atoms with Crippen LogP contribution in [-0.2, 0) is 4.74 Å². The fourth-order valence-corrected chi connectivity index (χ4v) is 2.65. The zero-order chi connectivity index (χ0) is 13.2. The fourth-order valence-electron chi connectivity index (χ4n) is 2.65. The Labute approximate surface area is 111 Å². The number of benzene rings is 1. The molecule has 0 spiro atoms. The van der Waals surface area contributed by atoms with Gasteiger partial charge in [-0.1, -0.05) is 6.92 Å². The minimum absolute atomic E-state index is 0.163. The van der Waals surface area contributed by atoms with E-state index in [1.54, 1.807) is 0 Å². The molecule has 3 rings (SSSR count). The van der Waals surface area contributed by atoms with Crippen LogP contribution in [-0.4, -0.2) is 28.7 Å². The van der Waals surface area contributed by atoms with Gasteiger partial charge in [0.15, 0.2) is 0 Å². The van der Waals surface area contributed by atoms with E-state index in [1.807, 2.05) is 18.2 Å². The number of ether oxygens (including phenoxy) is 1. The summed E-state index contributed by atoms with van der Waals surface area (Å²) < 4.78 is 5.68. The first-order valence-electron chi connectivity index (χ1n) is 6.85. The van der Waals surface area contributed by atoms with Crippen LogP contribution in [0.3, 0.4) is 0 Å². The van der Waals surface area contributed by atoms with Crippen molar-refractivity contribution in [3.8, 4) is 0 Å². The lowest BCUT2D eigenvalue weighted by Gasteiger charge is -2.30. The average Bonchev–Trinajstić information content (AvgIpc) is 2.78. The second-order valence-electron chi connectivity index (χ2n) is 5.11. The van der Waals surface area contributed by atoms with E-state index in [2.05, 4.69) is 22.2 Å². The first kappa shape index (κ1) is 12.3. The molecule has 2 heterocycles. The summed E-state index contributed by atoms with van der Waals surface area (Å²) in [7, 11) is 0. The number of nitrogens with one attached hydrogen (secondary N) is 3. The van der Waals surface area contributed by atoms with Crippen LogP contribution < -0.4 is 11.0 Å². The topological polar surface area (TPSA) is 69.9 Å². The van der Waals surface area contributed by atoms with Crippen molar-refractivity contribution < 1.29 is 4.74 Å². The minimum atomic E-state index is -0.163. The Balaban J connectivity index is 1.75. The highest BCUT2D eigenvalue weighted by molar-refractivity contribution is 5.78. The number of anilines is 1. The van der Waals surface area contributed by atoms with Crippen molar-refractivity contribution in [3.63, 3.8) is 0 Å². The van der Waals surface area contributed by atoms with E-state index in [0.717, 1.165) is 42.6 Å². The lowest BCUT2D eigenvalue weighted by molar-refractivity contribution is 0.00926. The third-order valence-electron chi connectivity index (χ3n) is 3.71. The summed E-state index contributed by atoms with van der Waals surface area (Å²) in [6, 6.07) is 6.35. The van der Waals surface area contributed by atoms with Gasteiger partial charge in [0.1, 0.15) is 0 Å². The van der Waals surface area contributed by atoms with Crippen molar-refractivity contribution in [1.29, 1.82) is 0 Å². The Morgan fingerprint density at radius 3 is 3.05 bits per heavy atom. The van der Waals surface area contributed by atoms with E-state index >= 15 is 0 Å². The second kappa shape index (κ2) is 5.09. The third-order valence-corrected chi connectivity index (χ3v) is 3.71. The molecule has 3 N–H and O–H groups in total. The molecule has 0 radical (unpaired) electrons. The van der Waals surface area contributed by atoms with Crippen LogP contribution in [0.4, 0.5) is 5.69 Å². The molecule has 102 valence electrons. The Kier molecular flexibility index (Phi) is 3.29. The molecule has 0 amide bonds. The van der Waals surface area contributed by atoms with Crippen molar-refractivity contribution >= 4 is 16.7 Å². The largest absolute Gasteiger partial charge is 0.382 e. The Morgan fingerprint density at radius 2 is 2.21 bits per heavy atom. The van der Waals surface area contributed by atoms with Gasteiger partial charge in [-0.05, 0) is 37.5 Å². The maximum absolute atomic E-state index is 11.2. The Hall–Kier alpha value is -1.75. The highest BCUT2D eigenvalue weighted by Crippen LogP contribution is 2.22. The SMILES string of the molecule is CCC1CC(Nc2ccc3[nH]c(=O)[nH]c3c2)CCO1. The molecule has 19 heavy (non-hydrogen) atoms. The lowest BCUT2D eigenvalue weighted by atomic mass is 10.0. The summed E-state index contributed by atoms with van der Waals surface area (Å²) in [6.07, 6.45) is 3.49. The molecule has 2 aromatic rings. The quantitative estimate of drug-likeness (QED) is 0.793. The van der Waals surface area contributed by atoms with Gasteiger partial charge >= 0.3 is 5.69 Å². The predicted octanol–water partition coefficient (Wildman–Crippen LogP) is 2.23. The predicted molar refractivity (Wildman–Crippen MR) is 75.6 cm³/mol. The maximum Gasteiger partial charge on any atom is 0.323 e. The van der Waals surface area contributed by atoms with Gasteiger partial charge in [0.25, 0.3) is 0 Å². The van der Waals surface area contributed by atoms with Gasteiger partial charge in [-0.15, -0.1) is 0 Å². The highest BCUT2D eigenvalue weighted by atomic mass is 16.5. The molecule has 0 saturated carbocycles. The number of rotatable bonds is 3. The van der Waals surface area contributed by atoms with Crippen LogP contribution in [0.25, 0.3) is 11.0 Å². The molecule has 1 aliphatic heterocycles. The number of H-pyrrole nitrogens is 2. The average molecular weight is 261 g/mol. The van der Waals surface area contributed by atoms with E-state index in [9.17, 15) is 4.79 Å². The summed E-state index contributed by atoms with van der Waals surface area (Å²) in [5, 5.41) is 3.53. The van der Waals surface area contributed by atoms with Gasteiger partial charge in [-0.25, -0.2) is 4.79 Å². The zero-order valence-corrected chi connectivity index (χ0v) is 11.0. The first-order chi connectivity index (χ1) is 9.24. The number of aromatic amines is 2. The molecule has 2 unspecified atom stereocenters. The molecule has 1 saturated heterocycles. The van der Waals surface area contributed by atoms with Crippen LogP contribution >= 0.6 is 0 Å². The minimum Gasteiger partial charge on any atom is -0.382 e. The van der Waals surface area contributed by atoms with Crippen molar-refractivity contribution in [2.75, 3.05) is 11.9 Å². The number of hydrogen-bond donors (Lipinski definition) is 3. The summed E-state index contributed by atoms with van der Waals surface area (Å²) in [6.45, 7) is 2.98. The molecule has 5 nitrogen and oxygen atoms in total. The Morgan fingerprint density at radius 1 is 1.37 bits per heavy atom. The summed E-state index contributed by atoms with van der Waals surface area (Å²) in [4.78, 5) is 16.8. The van der Waals surface area contributed by atoms with Crippen LogP contribution in [0, 0.1) is 0 Å². The molecule has 5 heteroatoms. The molecule has 2 atom stereocenters. The molecule has 1 aromatic carbocycles. The van der Waals surface area contributed by atoms with Crippen molar-refractivity contribution in [2.45, 2.75) is 38.3 Å². The van der Waals surface area contributed by atoms with Crippen LogP contribution in [0.1, 0.15) is 26.2 Å². The molecular formula is C14H19N3O2. The maximum atomic E-state index is 11.2. The van der Waals surface area contributed by atoms with Crippen molar-refractivity contribution in [1.82, 2.24) is 9.97 Å². The monoisotopic (exact) mass is 261 g/mol. The van der Waals surface area contributed by atoms with Gasteiger partial charge in [0.2, 0.25) is 0 Å². The Bertz CT molecular complexity index is 616. The van der Waals surface area contributed by atoms with Crippen LogP contribution in [0.2, 0.25) is 0 Å². The molecule has 1 aromatic heterocycles. The fraction of sp³-hybridized carbons (Fsp3) is 0.500. The highest BCUT2D eigenvalue weighted by Gasteiger charge is 2.21. The number of imidazole rings is 1. The van der Waals surface area contributed by atoms with E-state index in [0.29, 0.717) is 12.1 Å². The van der Waals surface area contributed by atoms with E-state index < -0.39 is 0 Å². The second-order valence-corrected chi connectivity index (χ2v) is 5.11. The molecule has 0 bridgehead atoms. The van der Waals surface area contributed by atoms with E-state index in [1.165, 1.54) is 0 Å². The van der Waals surface area contributed by atoms with Gasteiger partial charge in [0.05, 0.1) is 17.1 Å². The molecule has 0 aliphatic carbocycles. The molecular weight excluding hydrogens is 242 g/mol. The van der Waals surface area contributed by atoms with Crippen LogP contribution in [0.5, 0.6) is 0 Å². The van der Waals surface area contributed by atoms with Crippen LogP contribution in [0.15, 0.2) is 23.0 Å². The molecule has 1 aliphatic rings. The molecule has 1 fully saturated rings. The number of aromatic nitrogens is 2. The smallest absolute Gasteiger partial charge is 0.323 e. The normalized spacial score (nSPS) is 23.6. The first-order valence-corrected chi connectivity index (χ1v) is 6.85.